The zero-order chi connectivity index (χ0) is 14.5. The Bertz CT molecular complexity index is 544. The van der Waals surface area contributed by atoms with E-state index in [0.717, 1.165) is 24.8 Å². The minimum absolute atomic E-state index is 0.434. The molecule has 1 aliphatic heterocycles. The van der Waals surface area contributed by atoms with Gasteiger partial charge >= 0.3 is 0 Å². The van der Waals surface area contributed by atoms with Gasteiger partial charge in [-0.3, -0.25) is 4.98 Å². The maximum absolute atomic E-state index is 5.98. The first kappa shape index (κ1) is 13.9. The van der Waals surface area contributed by atoms with Gasteiger partial charge in [-0.15, -0.1) is 0 Å². The predicted molar refractivity (Wildman–Crippen MR) is 85.7 cm³/mol. The quantitative estimate of drug-likeness (QED) is 0.853. The Morgan fingerprint density at radius 3 is 2.62 bits per heavy atom. The van der Waals surface area contributed by atoms with Crippen molar-refractivity contribution in [3.63, 3.8) is 0 Å². The third-order valence-electron chi connectivity index (χ3n) is 4.12. The fourth-order valence-electron chi connectivity index (χ4n) is 2.94. The predicted octanol–water partition coefficient (Wildman–Crippen LogP) is 3.77. The molecule has 1 saturated heterocycles. The summed E-state index contributed by atoms with van der Waals surface area (Å²) >= 11 is 0. The molecule has 1 aliphatic rings. The number of hydrogen-bond acceptors (Lipinski definition) is 3. The minimum atomic E-state index is 0.434. The zero-order valence-corrected chi connectivity index (χ0v) is 12.5. The first-order valence-electron chi connectivity index (χ1n) is 7.67. The van der Waals surface area contributed by atoms with Gasteiger partial charge in [-0.1, -0.05) is 25.1 Å². The molecule has 2 atom stereocenters. The molecule has 1 aromatic heterocycles. The van der Waals surface area contributed by atoms with Crippen molar-refractivity contribution in [3.8, 4) is 5.75 Å². The van der Waals surface area contributed by atoms with Crippen LogP contribution in [0.3, 0.4) is 0 Å². The number of anilines is 1. The lowest BCUT2D eigenvalue weighted by molar-refractivity contribution is 0.244. The topological polar surface area (TPSA) is 25.4 Å². The highest BCUT2D eigenvalue weighted by molar-refractivity contribution is 5.46. The van der Waals surface area contributed by atoms with Crippen LogP contribution in [0.5, 0.6) is 5.75 Å². The Hall–Kier alpha value is -2.03. The molecule has 0 aliphatic carbocycles. The summed E-state index contributed by atoms with van der Waals surface area (Å²) in [6.07, 6.45) is 6.17. The van der Waals surface area contributed by atoms with E-state index in [4.69, 9.17) is 4.74 Å². The van der Waals surface area contributed by atoms with Crippen molar-refractivity contribution in [3.05, 3.63) is 54.9 Å². The summed E-state index contributed by atoms with van der Waals surface area (Å²) in [7, 11) is 0. The normalized spacial score (nSPS) is 22.0. The maximum atomic E-state index is 5.98. The number of nitrogens with zero attached hydrogens (tertiary/aromatic N) is 2. The summed E-state index contributed by atoms with van der Waals surface area (Å²) in [5, 5.41) is 0. The van der Waals surface area contributed by atoms with E-state index in [0.29, 0.717) is 6.04 Å². The van der Waals surface area contributed by atoms with E-state index < -0.39 is 0 Å². The molecule has 0 bridgehead atoms. The van der Waals surface area contributed by atoms with Crippen molar-refractivity contribution in [1.82, 2.24) is 4.98 Å². The summed E-state index contributed by atoms with van der Waals surface area (Å²) < 4.78 is 5.98. The first-order chi connectivity index (χ1) is 10.3. The third-order valence-corrected chi connectivity index (χ3v) is 4.12. The first-order valence-corrected chi connectivity index (χ1v) is 7.67. The highest BCUT2D eigenvalue weighted by Crippen LogP contribution is 2.27. The number of para-hydroxylation sites is 1. The maximum Gasteiger partial charge on any atom is 0.119 e. The molecule has 0 radical (unpaired) electrons. The van der Waals surface area contributed by atoms with Crippen molar-refractivity contribution < 1.29 is 4.74 Å². The molecule has 0 amide bonds. The molecule has 110 valence electrons. The van der Waals surface area contributed by atoms with Crippen LogP contribution in [0.15, 0.2) is 54.9 Å². The van der Waals surface area contributed by atoms with Crippen LogP contribution in [0, 0.1) is 5.92 Å². The summed E-state index contributed by atoms with van der Waals surface area (Å²) in [6.45, 7) is 4.15. The Morgan fingerprint density at radius 1 is 1.10 bits per heavy atom. The second-order valence-corrected chi connectivity index (χ2v) is 5.82. The Morgan fingerprint density at radius 2 is 1.86 bits per heavy atom. The Kier molecular flexibility index (Phi) is 4.39. The number of hydrogen-bond donors (Lipinski definition) is 0. The van der Waals surface area contributed by atoms with Gasteiger partial charge in [0.15, 0.2) is 0 Å². The van der Waals surface area contributed by atoms with E-state index in [-0.39, 0.29) is 0 Å². The van der Waals surface area contributed by atoms with Gasteiger partial charge in [-0.05, 0) is 43.0 Å². The number of ether oxygens (including phenoxy) is 1. The van der Waals surface area contributed by atoms with E-state index in [1.165, 1.54) is 18.5 Å². The van der Waals surface area contributed by atoms with E-state index in [1.54, 1.807) is 0 Å². The molecule has 2 unspecified atom stereocenters. The van der Waals surface area contributed by atoms with Crippen LogP contribution in [-0.2, 0) is 0 Å². The monoisotopic (exact) mass is 282 g/mol. The van der Waals surface area contributed by atoms with E-state index >= 15 is 0 Å². The number of pyridine rings is 1. The van der Waals surface area contributed by atoms with Crippen molar-refractivity contribution in [2.45, 2.75) is 25.8 Å². The third kappa shape index (κ3) is 3.54. The van der Waals surface area contributed by atoms with Crippen LogP contribution in [0.25, 0.3) is 0 Å². The van der Waals surface area contributed by atoms with Crippen molar-refractivity contribution in [1.29, 1.82) is 0 Å². The van der Waals surface area contributed by atoms with Crippen LogP contribution >= 0.6 is 0 Å². The van der Waals surface area contributed by atoms with Gasteiger partial charge in [0.05, 0.1) is 6.04 Å². The summed E-state index contributed by atoms with van der Waals surface area (Å²) in [6, 6.07) is 14.7. The lowest BCUT2D eigenvalue weighted by atomic mass is 9.94. The highest BCUT2D eigenvalue weighted by Gasteiger charge is 2.26. The van der Waals surface area contributed by atoms with Gasteiger partial charge in [-0.2, -0.15) is 0 Å². The van der Waals surface area contributed by atoms with Gasteiger partial charge in [0, 0.05) is 24.6 Å². The second-order valence-electron chi connectivity index (χ2n) is 5.82. The fourth-order valence-corrected chi connectivity index (χ4v) is 2.94. The van der Waals surface area contributed by atoms with Crippen LogP contribution in [0.4, 0.5) is 5.69 Å². The average molecular weight is 282 g/mol. The molecular formula is C18H22N2O. The summed E-state index contributed by atoms with van der Waals surface area (Å²) in [5.41, 5.74) is 1.25. The van der Waals surface area contributed by atoms with Gasteiger partial charge < -0.3 is 9.64 Å². The summed E-state index contributed by atoms with van der Waals surface area (Å²) in [5.74, 6) is 1.68. The van der Waals surface area contributed by atoms with E-state index in [2.05, 4.69) is 28.9 Å². The van der Waals surface area contributed by atoms with Crippen molar-refractivity contribution in [2.24, 2.45) is 5.92 Å². The zero-order valence-electron chi connectivity index (χ0n) is 12.5. The lowest BCUT2D eigenvalue weighted by Gasteiger charge is -2.40. The SMILES string of the molecule is CC1CCC(COc2ccccc2)N(c2ccncc2)C1. The minimum Gasteiger partial charge on any atom is -0.491 e. The number of benzene rings is 1. The molecule has 3 nitrogen and oxygen atoms in total. The Labute approximate surface area is 126 Å². The molecule has 0 saturated carbocycles. The van der Waals surface area contributed by atoms with Crippen LogP contribution in [0.1, 0.15) is 19.8 Å². The molecule has 3 heteroatoms. The standard InChI is InChI=1S/C18H22N2O/c1-15-7-8-17(14-21-18-5-3-2-4-6-18)20(13-15)16-9-11-19-12-10-16/h2-6,9-12,15,17H,7-8,13-14H2,1H3. The number of aromatic nitrogens is 1. The molecule has 0 N–H and O–H groups in total. The van der Waals surface area contributed by atoms with Gasteiger partial charge in [0.25, 0.3) is 0 Å². The number of rotatable bonds is 4. The molecule has 21 heavy (non-hydrogen) atoms. The summed E-state index contributed by atoms with van der Waals surface area (Å²) in [4.78, 5) is 6.59. The van der Waals surface area contributed by atoms with Crippen LogP contribution in [-0.4, -0.2) is 24.2 Å². The van der Waals surface area contributed by atoms with Gasteiger partial charge in [0.1, 0.15) is 12.4 Å². The van der Waals surface area contributed by atoms with Gasteiger partial charge in [0.2, 0.25) is 0 Å². The van der Waals surface area contributed by atoms with Crippen molar-refractivity contribution >= 4 is 5.69 Å². The van der Waals surface area contributed by atoms with Gasteiger partial charge in [-0.25, -0.2) is 0 Å². The molecule has 2 aromatic rings. The van der Waals surface area contributed by atoms with Crippen LogP contribution < -0.4 is 9.64 Å². The largest absolute Gasteiger partial charge is 0.491 e. The highest BCUT2D eigenvalue weighted by atomic mass is 16.5. The van der Waals surface area contributed by atoms with E-state index in [1.807, 2.05) is 42.7 Å². The van der Waals surface area contributed by atoms with Crippen LogP contribution in [0.2, 0.25) is 0 Å². The second kappa shape index (κ2) is 6.61. The average Bonchev–Trinajstić information content (AvgIpc) is 2.55. The van der Waals surface area contributed by atoms with E-state index in [9.17, 15) is 0 Å². The molecule has 2 heterocycles. The molecule has 3 rings (SSSR count). The lowest BCUT2D eigenvalue weighted by Crippen LogP contribution is -2.46. The smallest absolute Gasteiger partial charge is 0.119 e. The molecule has 1 fully saturated rings. The molecule has 1 aromatic carbocycles. The Balaban J connectivity index is 1.69. The fraction of sp³-hybridized carbons (Fsp3) is 0.389. The molecule has 0 spiro atoms. The number of piperidine rings is 1. The van der Waals surface area contributed by atoms with Crippen molar-refractivity contribution in [2.75, 3.05) is 18.1 Å². The molecular weight excluding hydrogens is 260 g/mol.